The highest BCUT2D eigenvalue weighted by atomic mass is 32.1. The Kier molecular flexibility index (Phi) is 2.38. The van der Waals surface area contributed by atoms with Crippen LogP contribution >= 0.6 is 11.3 Å². The maximum Gasteiger partial charge on any atom is 0.234 e. The standard InChI is InChI=1S/C9H13N5OS/c10-5-9(1-3-15-4-2-9)7-13-14-6-11-12-8(14)16-7/h6H,1-5,10H2. The molecule has 7 heteroatoms. The van der Waals surface area contributed by atoms with E-state index in [1.165, 1.54) is 0 Å². The number of fused-ring (bicyclic) bond motifs is 1. The Labute approximate surface area is 96.4 Å². The van der Waals surface area contributed by atoms with Gasteiger partial charge in [-0.1, -0.05) is 11.3 Å². The van der Waals surface area contributed by atoms with Gasteiger partial charge in [-0.15, -0.1) is 10.2 Å². The fraction of sp³-hybridized carbons (Fsp3) is 0.667. The van der Waals surface area contributed by atoms with Crippen LogP contribution < -0.4 is 5.73 Å². The van der Waals surface area contributed by atoms with E-state index in [0.717, 1.165) is 36.0 Å². The molecular formula is C9H13N5OS. The zero-order chi connectivity index (χ0) is 11.0. The van der Waals surface area contributed by atoms with E-state index < -0.39 is 0 Å². The van der Waals surface area contributed by atoms with Crippen LogP contribution in [-0.2, 0) is 10.2 Å². The first kappa shape index (κ1) is 10.1. The second-order valence-corrected chi connectivity index (χ2v) is 5.02. The number of nitrogens with two attached hydrogens (primary N) is 1. The minimum atomic E-state index is -0.0242. The molecule has 1 saturated heterocycles. The van der Waals surface area contributed by atoms with Crippen molar-refractivity contribution >= 4 is 16.3 Å². The van der Waals surface area contributed by atoms with E-state index in [1.807, 2.05) is 0 Å². The van der Waals surface area contributed by atoms with Crippen LogP contribution in [0, 0.1) is 0 Å². The van der Waals surface area contributed by atoms with Crippen molar-refractivity contribution in [2.24, 2.45) is 5.73 Å². The predicted molar refractivity (Wildman–Crippen MR) is 59.4 cm³/mol. The number of rotatable bonds is 2. The summed E-state index contributed by atoms with van der Waals surface area (Å²) in [6, 6.07) is 0. The lowest BCUT2D eigenvalue weighted by Crippen LogP contribution is -2.40. The third kappa shape index (κ3) is 1.43. The molecular weight excluding hydrogens is 226 g/mol. The molecule has 0 saturated carbocycles. The van der Waals surface area contributed by atoms with Gasteiger partial charge >= 0.3 is 0 Å². The average molecular weight is 239 g/mol. The zero-order valence-electron chi connectivity index (χ0n) is 8.80. The number of hydrogen-bond donors (Lipinski definition) is 1. The second kappa shape index (κ2) is 3.76. The maximum absolute atomic E-state index is 5.93. The van der Waals surface area contributed by atoms with E-state index in [1.54, 1.807) is 22.2 Å². The maximum atomic E-state index is 5.93. The van der Waals surface area contributed by atoms with E-state index in [-0.39, 0.29) is 5.41 Å². The van der Waals surface area contributed by atoms with Gasteiger partial charge in [-0.25, -0.2) is 0 Å². The number of aromatic nitrogens is 4. The van der Waals surface area contributed by atoms with Crippen LogP contribution in [0.4, 0.5) is 0 Å². The molecule has 0 spiro atoms. The lowest BCUT2D eigenvalue weighted by Gasteiger charge is -2.33. The summed E-state index contributed by atoms with van der Waals surface area (Å²) in [4.78, 5) is 0.828. The van der Waals surface area contributed by atoms with Crippen molar-refractivity contribution in [2.75, 3.05) is 19.8 Å². The van der Waals surface area contributed by atoms with Crippen LogP contribution in [0.1, 0.15) is 17.8 Å². The Morgan fingerprint density at radius 2 is 2.31 bits per heavy atom. The molecule has 6 nitrogen and oxygen atoms in total. The highest BCUT2D eigenvalue weighted by Gasteiger charge is 2.36. The molecule has 0 amide bonds. The molecule has 2 aromatic rings. The minimum absolute atomic E-state index is 0.0242. The first-order valence-electron chi connectivity index (χ1n) is 5.29. The zero-order valence-corrected chi connectivity index (χ0v) is 9.61. The smallest absolute Gasteiger partial charge is 0.234 e. The first-order valence-corrected chi connectivity index (χ1v) is 6.11. The van der Waals surface area contributed by atoms with Crippen LogP contribution in [0.2, 0.25) is 0 Å². The van der Waals surface area contributed by atoms with E-state index in [4.69, 9.17) is 10.5 Å². The van der Waals surface area contributed by atoms with Crippen LogP contribution in [0.3, 0.4) is 0 Å². The van der Waals surface area contributed by atoms with Gasteiger partial charge in [0.25, 0.3) is 0 Å². The van der Waals surface area contributed by atoms with Gasteiger partial charge in [0.15, 0.2) is 0 Å². The topological polar surface area (TPSA) is 78.3 Å². The third-order valence-electron chi connectivity index (χ3n) is 3.18. The van der Waals surface area contributed by atoms with E-state index in [2.05, 4.69) is 15.3 Å². The average Bonchev–Trinajstić information content (AvgIpc) is 2.90. The van der Waals surface area contributed by atoms with E-state index >= 15 is 0 Å². The molecule has 1 aliphatic rings. The summed E-state index contributed by atoms with van der Waals surface area (Å²) in [7, 11) is 0. The number of nitrogens with zero attached hydrogens (tertiary/aromatic N) is 4. The van der Waals surface area contributed by atoms with Crippen LogP contribution in [0.25, 0.3) is 4.96 Å². The fourth-order valence-electron chi connectivity index (χ4n) is 2.04. The van der Waals surface area contributed by atoms with E-state index in [0.29, 0.717) is 6.54 Å². The van der Waals surface area contributed by atoms with Gasteiger partial charge in [0.05, 0.1) is 0 Å². The lowest BCUT2D eigenvalue weighted by molar-refractivity contribution is 0.0526. The minimum Gasteiger partial charge on any atom is -0.381 e. The quantitative estimate of drug-likeness (QED) is 0.809. The molecule has 1 fully saturated rings. The van der Waals surface area contributed by atoms with Crippen molar-refractivity contribution in [2.45, 2.75) is 18.3 Å². The second-order valence-electron chi connectivity index (χ2n) is 4.06. The Morgan fingerprint density at radius 3 is 3.00 bits per heavy atom. The molecule has 2 N–H and O–H groups in total. The molecule has 0 aliphatic carbocycles. The summed E-state index contributed by atoms with van der Waals surface area (Å²) in [6.45, 7) is 2.13. The Balaban J connectivity index is 2.02. The van der Waals surface area contributed by atoms with Crippen molar-refractivity contribution in [1.82, 2.24) is 19.8 Å². The SMILES string of the molecule is NCC1(c2nn3cnnc3s2)CCOCC1. The molecule has 3 heterocycles. The summed E-state index contributed by atoms with van der Waals surface area (Å²) < 4.78 is 7.11. The molecule has 0 atom stereocenters. The fourth-order valence-corrected chi connectivity index (χ4v) is 3.12. The molecule has 0 unspecified atom stereocenters. The number of ether oxygens (including phenoxy) is 1. The Morgan fingerprint density at radius 1 is 1.50 bits per heavy atom. The molecule has 0 bridgehead atoms. The van der Waals surface area contributed by atoms with E-state index in [9.17, 15) is 0 Å². The molecule has 16 heavy (non-hydrogen) atoms. The molecule has 0 radical (unpaired) electrons. The summed E-state index contributed by atoms with van der Waals surface area (Å²) in [5.74, 6) is 0. The van der Waals surface area contributed by atoms with Crippen LogP contribution in [0.5, 0.6) is 0 Å². The summed E-state index contributed by atoms with van der Waals surface area (Å²) in [5.41, 5.74) is 5.90. The van der Waals surface area contributed by atoms with Crippen molar-refractivity contribution < 1.29 is 4.74 Å². The largest absolute Gasteiger partial charge is 0.381 e. The summed E-state index contributed by atoms with van der Waals surface area (Å²) >= 11 is 1.58. The predicted octanol–water partition coefficient (Wildman–Crippen LogP) is 0.193. The first-order chi connectivity index (χ1) is 7.84. The number of hydrogen-bond acceptors (Lipinski definition) is 6. The van der Waals surface area contributed by atoms with Gasteiger partial charge in [-0.05, 0) is 12.8 Å². The van der Waals surface area contributed by atoms with Gasteiger partial charge in [0.1, 0.15) is 11.3 Å². The van der Waals surface area contributed by atoms with Crippen molar-refractivity contribution in [3.05, 3.63) is 11.3 Å². The molecule has 0 aromatic carbocycles. The summed E-state index contributed by atoms with van der Waals surface area (Å²) in [5, 5.41) is 13.4. The molecule has 3 rings (SSSR count). The molecule has 1 aliphatic heterocycles. The van der Waals surface area contributed by atoms with Crippen LogP contribution in [-0.4, -0.2) is 39.6 Å². The molecule has 2 aromatic heterocycles. The van der Waals surface area contributed by atoms with Gasteiger partial charge in [-0.3, -0.25) is 0 Å². The third-order valence-corrected chi connectivity index (χ3v) is 4.34. The van der Waals surface area contributed by atoms with Gasteiger partial charge in [-0.2, -0.15) is 9.61 Å². The summed E-state index contributed by atoms with van der Waals surface area (Å²) in [6.07, 6.45) is 3.50. The van der Waals surface area contributed by atoms with Crippen LogP contribution in [0.15, 0.2) is 6.33 Å². The highest BCUT2D eigenvalue weighted by molar-refractivity contribution is 7.16. The van der Waals surface area contributed by atoms with Crippen molar-refractivity contribution in [3.8, 4) is 0 Å². The Hall–Kier alpha value is -1.05. The monoisotopic (exact) mass is 239 g/mol. The Bertz CT molecular complexity index is 458. The van der Waals surface area contributed by atoms with Crippen molar-refractivity contribution in [3.63, 3.8) is 0 Å². The van der Waals surface area contributed by atoms with Gasteiger partial charge in [0, 0.05) is 25.2 Å². The highest BCUT2D eigenvalue weighted by Crippen LogP contribution is 2.35. The molecule has 86 valence electrons. The van der Waals surface area contributed by atoms with Gasteiger partial charge < -0.3 is 10.5 Å². The normalized spacial score (nSPS) is 20.3. The van der Waals surface area contributed by atoms with Gasteiger partial charge in [0.2, 0.25) is 4.96 Å². The lowest BCUT2D eigenvalue weighted by atomic mass is 9.81. The van der Waals surface area contributed by atoms with Crippen molar-refractivity contribution in [1.29, 1.82) is 0 Å².